The maximum absolute atomic E-state index is 14.1. The largest absolute Gasteiger partial charge is 0.339 e. The second-order valence-corrected chi connectivity index (χ2v) is 9.11. The zero-order valence-corrected chi connectivity index (χ0v) is 19.5. The standard InChI is InChI=1S/C22H24ClFN6OS/c1-15-5-3-6-16(2)21(15)30-22(25-26-27-30)32-14-20(31)29-11-9-28(10-12-29)13-17-18(23)7-4-8-19(17)24/h3-8H,9-14H2,1-2H3. The number of hydrogen-bond donors (Lipinski definition) is 0. The number of rotatable bonds is 6. The molecule has 1 aromatic heterocycles. The van der Waals surface area contributed by atoms with E-state index < -0.39 is 0 Å². The molecule has 10 heteroatoms. The highest BCUT2D eigenvalue weighted by Gasteiger charge is 2.23. The van der Waals surface area contributed by atoms with Gasteiger partial charge in [-0.05, 0) is 47.5 Å². The van der Waals surface area contributed by atoms with Crippen LogP contribution in [0.25, 0.3) is 5.69 Å². The quantitative estimate of drug-likeness (QED) is 0.509. The van der Waals surface area contributed by atoms with Crippen LogP contribution in [-0.2, 0) is 11.3 Å². The zero-order chi connectivity index (χ0) is 22.7. The Bertz CT molecular complexity index is 1080. The highest BCUT2D eigenvalue weighted by atomic mass is 35.5. The monoisotopic (exact) mass is 474 g/mol. The number of hydrogen-bond acceptors (Lipinski definition) is 6. The summed E-state index contributed by atoms with van der Waals surface area (Å²) >= 11 is 7.47. The summed E-state index contributed by atoms with van der Waals surface area (Å²) in [6.07, 6.45) is 0. The van der Waals surface area contributed by atoms with Crippen molar-refractivity contribution >= 4 is 29.3 Å². The van der Waals surface area contributed by atoms with Crippen LogP contribution in [0.15, 0.2) is 41.6 Å². The lowest BCUT2D eigenvalue weighted by atomic mass is 10.1. The van der Waals surface area contributed by atoms with Gasteiger partial charge in [0, 0.05) is 43.3 Å². The number of halogens is 2. The van der Waals surface area contributed by atoms with E-state index >= 15 is 0 Å². The van der Waals surface area contributed by atoms with E-state index in [2.05, 4.69) is 20.4 Å². The molecular weight excluding hydrogens is 451 g/mol. The zero-order valence-electron chi connectivity index (χ0n) is 18.0. The van der Waals surface area contributed by atoms with E-state index in [1.165, 1.54) is 17.8 Å². The Labute approximate surface area is 195 Å². The van der Waals surface area contributed by atoms with E-state index in [0.717, 1.165) is 16.8 Å². The van der Waals surface area contributed by atoms with E-state index in [1.807, 2.05) is 36.9 Å². The molecule has 0 bridgehead atoms. The summed E-state index contributed by atoms with van der Waals surface area (Å²) in [4.78, 5) is 16.7. The number of nitrogens with zero attached hydrogens (tertiary/aromatic N) is 6. The van der Waals surface area contributed by atoms with Gasteiger partial charge in [-0.25, -0.2) is 4.39 Å². The molecule has 32 heavy (non-hydrogen) atoms. The third-order valence-corrected chi connectivity index (χ3v) is 6.84. The topological polar surface area (TPSA) is 67.2 Å². The molecule has 1 amide bonds. The summed E-state index contributed by atoms with van der Waals surface area (Å²) < 4.78 is 15.7. The van der Waals surface area contributed by atoms with Crippen molar-refractivity contribution in [2.24, 2.45) is 0 Å². The number of carbonyl (C=O) groups is 1. The molecule has 2 heterocycles. The number of aromatic nitrogens is 4. The first-order chi connectivity index (χ1) is 15.4. The van der Waals surface area contributed by atoms with Gasteiger partial charge in [0.1, 0.15) is 5.82 Å². The fraction of sp³-hybridized carbons (Fsp3) is 0.364. The van der Waals surface area contributed by atoms with E-state index in [9.17, 15) is 9.18 Å². The van der Waals surface area contributed by atoms with Crippen molar-refractivity contribution in [2.75, 3.05) is 31.9 Å². The van der Waals surface area contributed by atoms with Gasteiger partial charge in [-0.2, -0.15) is 4.68 Å². The predicted molar refractivity (Wildman–Crippen MR) is 123 cm³/mol. The summed E-state index contributed by atoms with van der Waals surface area (Å²) in [5.41, 5.74) is 3.57. The van der Waals surface area contributed by atoms with Gasteiger partial charge in [0.05, 0.1) is 11.4 Å². The summed E-state index contributed by atoms with van der Waals surface area (Å²) in [6, 6.07) is 10.7. The molecule has 0 spiro atoms. The number of para-hydroxylation sites is 1. The van der Waals surface area contributed by atoms with Gasteiger partial charge >= 0.3 is 0 Å². The minimum atomic E-state index is -0.297. The number of carbonyl (C=O) groups excluding carboxylic acids is 1. The van der Waals surface area contributed by atoms with Crippen LogP contribution in [-0.4, -0.2) is 67.8 Å². The molecule has 1 aliphatic heterocycles. The predicted octanol–water partition coefficient (Wildman–Crippen LogP) is 3.51. The molecule has 0 aliphatic carbocycles. The second kappa shape index (κ2) is 9.97. The van der Waals surface area contributed by atoms with E-state index in [1.54, 1.807) is 16.8 Å². The molecule has 0 N–H and O–H groups in total. The van der Waals surface area contributed by atoms with Gasteiger partial charge in [-0.15, -0.1) is 5.10 Å². The number of piperazine rings is 1. The van der Waals surface area contributed by atoms with Crippen LogP contribution in [0, 0.1) is 19.7 Å². The van der Waals surface area contributed by atoms with Crippen molar-refractivity contribution in [1.82, 2.24) is 30.0 Å². The Balaban J connectivity index is 1.33. The van der Waals surface area contributed by atoms with Crippen LogP contribution in [0.5, 0.6) is 0 Å². The van der Waals surface area contributed by atoms with E-state index in [4.69, 9.17) is 11.6 Å². The molecule has 1 saturated heterocycles. The first-order valence-electron chi connectivity index (χ1n) is 10.3. The van der Waals surface area contributed by atoms with E-state index in [-0.39, 0.29) is 17.5 Å². The summed E-state index contributed by atoms with van der Waals surface area (Å²) in [5, 5.41) is 13.1. The van der Waals surface area contributed by atoms with Crippen molar-refractivity contribution in [3.05, 3.63) is 63.9 Å². The van der Waals surface area contributed by atoms with Crippen LogP contribution < -0.4 is 0 Å². The third kappa shape index (κ3) is 4.95. The highest BCUT2D eigenvalue weighted by Crippen LogP contribution is 2.24. The molecule has 3 aromatic rings. The molecular formula is C22H24ClFN6OS. The smallest absolute Gasteiger partial charge is 0.233 e. The summed E-state index contributed by atoms with van der Waals surface area (Å²) in [5.74, 6) is -0.00610. The van der Waals surface area contributed by atoms with Crippen LogP contribution in [0.3, 0.4) is 0 Å². The van der Waals surface area contributed by atoms with Gasteiger partial charge in [0.25, 0.3) is 0 Å². The first kappa shape index (κ1) is 22.7. The molecule has 7 nitrogen and oxygen atoms in total. The maximum Gasteiger partial charge on any atom is 0.233 e. The minimum absolute atomic E-state index is 0.0367. The van der Waals surface area contributed by atoms with Gasteiger partial charge in [0.2, 0.25) is 11.1 Å². The maximum atomic E-state index is 14.1. The van der Waals surface area contributed by atoms with Gasteiger partial charge < -0.3 is 4.90 Å². The Morgan fingerprint density at radius 3 is 2.47 bits per heavy atom. The fourth-order valence-corrected chi connectivity index (χ4v) is 4.83. The number of tetrazole rings is 1. The molecule has 4 rings (SSSR count). The molecule has 1 aliphatic rings. The third-order valence-electron chi connectivity index (χ3n) is 5.59. The molecule has 168 valence electrons. The fourth-order valence-electron chi connectivity index (χ4n) is 3.83. The average molecular weight is 475 g/mol. The van der Waals surface area contributed by atoms with Gasteiger partial charge in [0.15, 0.2) is 0 Å². The second-order valence-electron chi connectivity index (χ2n) is 7.76. The van der Waals surface area contributed by atoms with Crippen LogP contribution in [0.2, 0.25) is 5.02 Å². The molecule has 0 saturated carbocycles. The Kier molecular flexibility index (Phi) is 7.07. The lowest BCUT2D eigenvalue weighted by Crippen LogP contribution is -2.48. The van der Waals surface area contributed by atoms with Crippen LogP contribution >= 0.6 is 23.4 Å². The molecule has 0 atom stereocenters. The van der Waals surface area contributed by atoms with Crippen LogP contribution in [0.4, 0.5) is 4.39 Å². The molecule has 0 unspecified atom stereocenters. The lowest BCUT2D eigenvalue weighted by Gasteiger charge is -2.34. The number of benzene rings is 2. The Morgan fingerprint density at radius 2 is 1.78 bits per heavy atom. The van der Waals surface area contributed by atoms with Gasteiger partial charge in [-0.3, -0.25) is 9.69 Å². The highest BCUT2D eigenvalue weighted by molar-refractivity contribution is 7.99. The summed E-state index contributed by atoms with van der Waals surface area (Å²) in [7, 11) is 0. The Morgan fingerprint density at radius 1 is 1.09 bits per heavy atom. The number of aryl methyl sites for hydroxylation is 2. The minimum Gasteiger partial charge on any atom is -0.339 e. The SMILES string of the molecule is Cc1cccc(C)c1-n1nnnc1SCC(=O)N1CCN(Cc2c(F)cccc2Cl)CC1. The molecule has 0 radical (unpaired) electrons. The van der Waals surface area contributed by atoms with Crippen LogP contribution in [0.1, 0.15) is 16.7 Å². The summed E-state index contributed by atoms with van der Waals surface area (Å²) in [6.45, 7) is 6.98. The van der Waals surface area contributed by atoms with Crippen molar-refractivity contribution in [3.8, 4) is 5.69 Å². The van der Waals surface area contributed by atoms with Gasteiger partial charge in [-0.1, -0.05) is 47.6 Å². The van der Waals surface area contributed by atoms with Crippen molar-refractivity contribution in [2.45, 2.75) is 25.5 Å². The Hall–Kier alpha value is -2.49. The molecule has 1 fully saturated rings. The number of amides is 1. The van der Waals surface area contributed by atoms with Crippen molar-refractivity contribution in [3.63, 3.8) is 0 Å². The van der Waals surface area contributed by atoms with Crippen molar-refractivity contribution < 1.29 is 9.18 Å². The average Bonchev–Trinajstić information content (AvgIpc) is 3.23. The normalized spacial score (nSPS) is 14.7. The van der Waals surface area contributed by atoms with Crippen molar-refractivity contribution in [1.29, 1.82) is 0 Å². The van der Waals surface area contributed by atoms with E-state index in [0.29, 0.717) is 48.5 Å². The first-order valence-corrected chi connectivity index (χ1v) is 11.7. The molecule has 2 aromatic carbocycles. The number of thioether (sulfide) groups is 1. The lowest BCUT2D eigenvalue weighted by molar-refractivity contribution is -0.130.